The maximum atomic E-state index is 12.0. The topological polar surface area (TPSA) is 55.4 Å². The molecular weight excluding hydrogens is 314 g/mol. The number of carbonyl (C=O) groups is 2. The predicted molar refractivity (Wildman–Crippen MR) is 91.6 cm³/mol. The van der Waals surface area contributed by atoms with Crippen LogP contribution in [0.1, 0.15) is 21.5 Å². The largest absolute Gasteiger partial charge is 0.465 e. The zero-order chi connectivity index (χ0) is 16.8. The Morgan fingerprint density at radius 2 is 1.83 bits per heavy atom. The minimum atomic E-state index is -0.493. The molecule has 1 amide bonds. The van der Waals surface area contributed by atoms with Crippen molar-refractivity contribution < 1.29 is 14.3 Å². The van der Waals surface area contributed by atoms with Crippen molar-refractivity contribution in [2.75, 3.05) is 12.4 Å². The van der Waals surface area contributed by atoms with Gasteiger partial charge in [0.05, 0.1) is 23.4 Å². The predicted octanol–water partition coefficient (Wildman–Crippen LogP) is 4.09. The highest BCUT2D eigenvalue weighted by atomic mass is 35.5. The Kier molecular flexibility index (Phi) is 5.55. The number of esters is 1. The second kappa shape index (κ2) is 7.61. The summed E-state index contributed by atoms with van der Waals surface area (Å²) < 4.78 is 4.64. The molecule has 2 aromatic carbocycles. The Labute approximate surface area is 139 Å². The Morgan fingerprint density at radius 1 is 1.13 bits per heavy atom. The fraction of sp³-hybridized carbons (Fsp3) is 0.111. The van der Waals surface area contributed by atoms with Crippen molar-refractivity contribution in [2.45, 2.75) is 6.92 Å². The molecule has 0 saturated heterocycles. The molecule has 0 spiro atoms. The van der Waals surface area contributed by atoms with E-state index in [4.69, 9.17) is 11.6 Å². The van der Waals surface area contributed by atoms with E-state index in [1.54, 1.807) is 6.08 Å². The first-order valence-electron chi connectivity index (χ1n) is 6.93. The summed E-state index contributed by atoms with van der Waals surface area (Å²) in [6.45, 7) is 2.00. The smallest absolute Gasteiger partial charge is 0.337 e. The molecule has 0 aliphatic rings. The van der Waals surface area contributed by atoms with E-state index >= 15 is 0 Å². The molecule has 5 heteroatoms. The van der Waals surface area contributed by atoms with Gasteiger partial charge in [-0.1, -0.05) is 41.4 Å². The molecule has 23 heavy (non-hydrogen) atoms. The summed E-state index contributed by atoms with van der Waals surface area (Å²) >= 11 is 6.03. The molecule has 0 aromatic heterocycles. The number of methoxy groups -OCH3 is 1. The molecule has 0 heterocycles. The lowest BCUT2D eigenvalue weighted by molar-refractivity contribution is -0.111. The Balaban J connectivity index is 2.10. The van der Waals surface area contributed by atoms with Crippen molar-refractivity contribution in [3.8, 4) is 0 Å². The maximum Gasteiger partial charge on any atom is 0.337 e. The van der Waals surface area contributed by atoms with Gasteiger partial charge < -0.3 is 10.1 Å². The number of anilines is 1. The maximum absolute atomic E-state index is 12.0. The Hall–Kier alpha value is -2.59. The van der Waals surface area contributed by atoms with E-state index < -0.39 is 5.97 Å². The first kappa shape index (κ1) is 16.8. The fourth-order valence-corrected chi connectivity index (χ4v) is 2.05. The van der Waals surface area contributed by atoms with Gasteiger partial charge in [0.15, 0.2) is 0 Å². The summed E-state index contributed by atoms with van der Waals surface area (Å²) in [7, 11) is 1.29. The minimum Gasteiger partial charge on any atom is -0.465 e. The zero-order valence-corrected chi connectivity index (χ0v) is 13.6. The van der Waals surface area contributed by atoms with Crippen molar-refractivity contribution in [3.63, 3.8) is 0 Å². The van der Waals surface area contributed by atoms with Crippen LogP contribution in [0.3, 0.4) is 0 Å². The fourth-order valence-electron chi connectivity index (χ4n) is 1.89. The van der Waals surface area contributed by atoms with E-state index in [2.05, 4.69) is 10.1 Å². The highest BCUT2D eigenvalue weighted by Crippen LogP contribution is 2.23. The number of aryl methyl sites for hydroxylation is 1. The number of nitrogens with one attached hydrogen (secondary N) is 1. The molecule has 0 unspecified atom stereocenters. The highest BCUT2D eigenvalue weighted by Gasteiger charge is 2.10. The first-order chi connectivity index (χ1) is 11.0. The van der Waals surface area contributed by atoms with Crippen LogP contribution in [-0.2, 0) is 9.53 Å². The lowest BCUT2D eigenvalue weighted by atomic mass is 10.1. The Bertz CT molecular complexity index is 751. The van der Waals surface area contributed by atoms with Gasteiger partial charge in [-0.3, -0.25) is 4.79 Å². The number of hydrogen-bond donors (Lipinski definition) is 1. The van der Waals surface area contributed by atoms with Crippen LogP contribution in [0.2, 0.25) is 5.02 Å². The summed E-state index contributed by atoms with van der Waals surface area (Å²) in [6, 6.07) is 12.3. The van der Waals surface area contributed by atoms with Crippen molar-refractivity contribution in [1.82, 2.24) is 0 Å². The molecule has 0 aliphatic heterocycles. The normalized spacial score (nSPS) is 10.6. The first-order valence-corrected chi connectivity index (χ1v) is 7.31. The van der Waals surface area contributed by atoms with Gasteiger partial charge in [0.25, 0.3) is 0 Å². The third-order valence-corrected chi connectivity index (χ3v) is 3.48. The van der Waals surface area contributed by atoms with Crippen molar-refractivity contribution in [1.29, 1.82) is 0 Å². The number of carbonyl (C=O) groups excluding carboxylic acids is 2. The molecule has 1 N–H and O–H groups in total. The average molecular weight is 330 g/mol. The summed E-state index contributed by atoms with van der Waals surface area (Å²) in [5.41, 5.74) is 2.74. The molecule has 4 nitrogen and oxygen atoms in total. The van der Waals surface area contributed by atoms with E-state index in [1.165, 1.54) is 31.4 Å². The van der Waals surface area contributed by atoms with Gasteiger partial charge in [-0.05, 0) is 36.8 Å². The number of ether oxygens (including phenoxy) is 1. The summed E-state index contributed by atoms with van der Waals surface area (Å²) in [5.74, 6) is -0.832. The quantitative estimate of drug-likeness (QED) is 0.679. The number of benzene rings is 2. The van der Waals surface area contributed by atoms with Crippen molar-refractivity contribution in [3.05, 3.63) is 70.3 Å². The second-order valence-corrected chi connectivity index (χ2v) is 5.33. The van der Waals surface area contributed by atoms with E-state index in [1.807, 2.05) is 31.2 Å². The molecule has 0 fully saturated rings. The molecule has 118 valence electrons. The zero-order valence-electron chi connectivity index (χ0n) is 12.8. The molecule has 0 bridgehead atoms. The van der Waals surface area contributed by atoms with Gasteiger partial charge in [-0.25, -0.2) is 4.79 Å². The highest BCUT2D eigenvalue weighted by molar-refractivity contribution is 6.34. The SMILES string of the molecule is COC(=O)c1ccc(Cl)c(NC(=O)C=Cc2ccc(C)cc2)c1. The number of rotatable bonds is 4. The number of hydrogen-bond acceptors (Lipinski definition) is 3. The van der Waals surface area contributed by atoms with E-state index in [0.717, 1.165) is 11.1 Å². The minimum absolute atomic E-state index is 0.315. The lowest BCUT2D eigenvalue weighted by Crippen LogP contribution is -2.09. The van der Waals surface area contributed by atoms with Crippen LogP contribution in [0.25, 0.3) is 6.08 Å². The van der Waals surface area contributed by atoms with Crippen molar-refractivity contribution >= 4 is 35.2 Å². The summed E-state index contributed by atoms with van der Waals surface area (Å²) in [4.78, 5) is 23.5. The average Bonchev–Trinajstić information content (AvgIpc) is 2.55. The number of halogens is 1. The second-order valence-electron chi connectivity index (χ2n) is 4.92. The molecule has 0 aliphatic carbocycles. The lowest BCUT2D eigenvalue weighted by Gasteiger charge is -2.07. The van der Waals surface area contributed by atoms with Crippen LogP contribution in [0.15, 0.2) is 48.5 Å². The van der Waals surface area contributed by atoms with Gasteiger partial charge in [0, 0.05) is 6.08 Å². The van der Waals surface area contributed by atoms with E-state index in [0.29, 0.717) is 16.3 Å². The molecule has 0 saturated carbocycles. The standard InChI is InChI=1S/C18H16ClNO3/c1-12-3-5-13(6-4-12)7-10-17(21)20-16-11-14(18(22)23-2)8-9-15(16)19/h3-11H,1-2H3,(H,20,21). The third kappa shape index (κ3) is 4.69. The van der Waals surface area contributed by atoms with Crippen LogP contribution in [0, 0.1) is 6.92 Å². The monoisotopic (exact) mass is 329 g/mol. The van der Waals surface area contributed by atoms with Crippen LogP contribution in [0.5, 0.6) is 0 Å². The van der Waals surface area contributed by atoms with E-state index in [-0.39, 0.29) is 5.91 Å². The summed E-state index contributed by atoms with van der Waals surface area (Å²) in [5, 5.41) is 2.99. The van der Waals surface area contributed by atoms with Crippen molar-refractivity contribution in [2.24, 2.45) is 0 Å². The van der Waals surface area contributed by atoms with E-state index in [9.17, 15) is 9.59 Å². The van der Waals surface area contributed by atoms with Gasteiger partial charge in [0.2, 0.25) is 5.91 Å². The van der Waals surface area contributed by atoms with Gasteiger partial charge in [-0.2, -0.15) is 0 Å². The molecule has 2 rings (SSSR count). The Morgan fingerprint density at radius 3 is 2.48 bits per heavy atom. The van der Waals surface area contributed by atoms with Crippen LogP contribution < -0.4 is 5.32 Å². The van der Waals surface area contributed by atoms with Gasteiger partial charge in [-0.15, -0.1) is 0 Å². The van der Waals surface area contributed by atoms with Gasteiger partial charge in [0.1, 0.15) is 0 Å². The van der Waals surface area contributed by atoms with Crippen LogP contribution in [0.4, 0.5) is 5.69 Å². The van der Waals surface area contributed by atoms with Gasteiger partial charge >= 0.3 is 5.97 Å². The summed E-state index contributed by atoms with van der Waals surface area (Å²) in [6.07, 6.45) is 3.11. The molecular formula is C18H16ClNO3. The molecule has 0 radical (unpaired) electrons. The number of amides is 1. The van der Waals surface area contributed by atoms with Crippen LogP contribution >= 0.6 is 11.6 Å². The van der Waals surface area contributed by atoms with Crippen LogP contribution in [-0.4, -0.2) is 19.0 Å². The molecule has 2 aromatic rings. The molecule has 0 atom stereocenters. The third-order valence-electron chi connectivity index (χ3n) is 3.15.